The third-order valence-corrected chi connectivity index (χ3v) is 5.19. The Bertz CT molecular complexity index is 1370. The number of nitrogens with zero attached hydrogens (tertiary/aromatic N) is 1. The first-order valence-corrected chi connectivity index (χ1v) is 9.53. The van der Waals surface area contributed by atoms with Crippen LogP contribution >= 0.6 is 0 Å². The van der Waals surface area contributed by atoms with Gasteiger partial charge in [-0.15, -0.1) is 0 Å². The Kier molecular flexibility index (Phi) is 4.26. The SMILES string of the molecule is O=C([O-])c1ccc(Oc2ccc3c(c2)C(=O)N(c2cccc4ccccc24)C3=O)cc1. The molecule has 31 heavy (non-hydrogen) atoms. The van der Waals surface area contributed by atoms with Crippen molar-refractivity contribution < 1.29 is 24.2 Å². The van der Waals surface area contributed by atoms with Gasteiger partial charge in [0, 0.05) is 5.39 Å². The number of carboxylic acid groups (broad SMARTS) is 1. The van der Waals surface area contributed by atoms with E-state index in [1.807, 2.05) is 36.4 Å². The van der Waals surface area contributed by atoms with Crippen LogP contribution in [-0.4, -0.2) is 17.8 Å². The molecule has 0 fully saturated rings. The average Bonchev–Trinajstić information content (AvgIpc) is 3.03. The average molecular weight is 408 g/mol. The van der Waals surface area contributed by atoms with Gasteiger partial charge in [0.25, 0.3) is 11.8 Å². The van der Waals surface area contributed by atoms with E-state index in [1.54, 1.807) is 18.2 Å². The summed E-state index contributed by atoms with van der Waals surface area (Å²) in [5.74, 6) is -1.33. The fourth-order valence-electron chi connectivity index (χ4n) is 3.70. The summed E-state index contributed by atoms with van der Waals surface area (Å²) in [5, 5.41) is 12.6. The minimum absolute atomic E-state index is 0.0350. The summed E-state index contributed by atoms with van der Waals surface area (Å²) < 4.78 is 5.74. The maximum absolute atomic E-state index is 13.2. The van der Waals surface area contributed by atoms with E-state index in [2.05, 4.69) is 0 Å². The van der Waals surface area contributed by atoms with Gasteiger partial charge in [-0.3, -0.25) is 9.59 Å². The molecular weight excluding hydrogens is 394 g/mol. The van der Waals surface area contributed by atoms with Crippen LogP contribution in [-0.2, 0) is 0 Å². The van der Waals surface area contributed by atoms with Crippen molar-refractivity contribution in [2.24, 2.45) is 0 Å². The van der Waals surface area contributed by atoms with Gasteiger partial charge in [-0.25, -0.2) is 4.90 Å². The molecule has 0 bridgehead atoms. The number of imide groups is 1. The van der Waals surface area contributed by atoms with Crippen molar-refractivity contribution in [1.29, 1.82) is 0 Å². The Labute approximate surface area is 176 Å². The molecule has 0 N–H and O–H groups in total. The normalized spacial score (nSPS) is 12.8. The third-order valence-electron chi connectivity index (χ3n) is 5.19. The number of hydrogen-bond donors (Lipinski definition) is 0. The van der Waals surface area contributed by atoms with E-state index in [-0.39, 0.29) is 17.0 Å². The Morgan fingerprint density at radius 1 is 0.742 bits per heavy atom. The number of benzene rings is 4. The van der Waals surface area contributed by atoms with Crippen molar-refractivity contribution >= 4 is 34.2 Å². The highest BCUT2D eigenvalue weighted by Crippen LogP contribution is 2.35. The van der Waals surface area contributed by atoms with E-state index in [0.29, 0.717) is 22.7 Å². The number of anilines is 1. The quantitative estimate of drug-likeness (QED) is 0.480. The monoisotopic (exact) mass is 408 g/mol. The van der Waals surface area contributed by atoms with E-state index in [9.17, 15) is 19.5 Å². The predicted octanol–water partition coefficient (Wildman–Crippen LogP) is 3.80. The zero-order valence-electron chi connectivity index (χ0n) is 16.1. The standard InChI is InChI=1S/C25H15NO5/c27-23-20-13-12-18(31-17-10-8-16(9-11-17)25(29)30)14-21(20)24(28)26(23)22-7-3-5-15-4-1-2-6-19(15)22/h1-14H,(H,29,30)/p-1. The molecule has 0 atom stereocenters. The molecule has 1 aliphatic heterocycles. The van der Waals surface area contributed by atoms with E-state index in [1.165, 1.54) is 35.2 Å². The molecule has 6 heteroatoms. The lowest BCUT2D eigenvalue weighted by Crippen LogP contribution is -2.29. The minimum atomic E-state index is -1.28. The molecule has 0 spiro atoms. The van der Waals surface area contributed by atoms with Gasteiger partial charge in [-0.1, -0.05) is 36.4 Å². The molecule has 2 amide bonds. The Hall–Kier alpha value is -4.45. The Morgan fingerprint density at radius 3 is 2.19 bits per heavy atom. The maximum atomic E-state index is 13.2. The second kappa shape index (κ2) is 7.11. The van der Waals surface area contributed by atoms with Gasteiger partial charge in [0.15, 0.2) is 0 Å². The smallest absolute Gasteiger partial charge is 0.266 e. The molecule has 1 aliphatic rings. The zero-order valence-corrected chi connectivity index (χ0v) is 16.1. The highest BCUT2D eigenvalue weighted by atomic mass is 16.5. The van der Waals surface area contributed by atoms with Crippen LogP contribution in [0.2, 0.25) is 0 Å². The summed E-state index contributed by atoms with van der Waals surface area (Å²) in [6, 6.07) is 23.5. The van der Waals surface area contributed by atoms with E-state index >= 15 is 0 Å². The molecule has 0 unspecified atom stereocenters. The third kappa shape index (κ3) is 3.11. The molecule has 4 aromatic carbocycles. The maximum Gasteiger partial charge on any atom is 0.266 e. The van der Waals surface area contributed by atoms with Crippen molar-refractivity contribution in [3.8, 4) is 11.5 Å². The molecule has 0 saturated heterocycles. The molecule has 6 nitrogen and oxygen atoms in total. The molecule has 0 radical (unpaired) electrons. The van der Waals surface area contributed by atoms with E-state index in [0.717, 1.165) is 10.8 Å². The molecular formula is C25H14NO5-. The first-order valence-electron chi connectivity index (χ1n) is 9.53. The number of carboxylic acids is 1. The molecule has 0 saturated carbocycles. The lowest BCUT2D eigenvalue weighted by Gasteiger charge is -2.16. The second-order valence-corrected chi connectivity index (χ2v) is 7.07. The van der Waals surface area contributed by atoms with Crippen LogP contribution in [0.15, 0.2) is 84.9 Å². The molecule has 0 aliphatic carbocycles. The summed E-state index contributed by atoms with van der Waals surface area (Å²) in [4.78, 5) is 38.2. The fourth-order valence-corrected chi connectivity index (χ4v) is 3.70. The van der Waals surface area contributed by atoms with Gasteiger partial charge in [0.2, 0.25) is 0 Å². The lowest BCUT2D eigenvalue weighted by molar-refractivity contribution is -0.255. The number of carbonyl (C=O) groups is 3. The van der Waals surface area contributed by atoms with Crippen LogP contribution in [0.5, 0.6) is 11.5 Å². The lowest BCUT2D eigenvalue weighted by atomic mass is 10.1. The number of carbonyl (C=O) groups excluding carboxylic acids is 3. The van der Waals surface area contributed by atoms with Crippen molar-refractivity contribution in [1.82, 2.24) is 0 Å². The van der Waals surface area contributed by atoms with Gasteiger partial charge in [-0.2, -0.15) is 0 Å². The van der Waals surface area contributed by atoms with Crippen molar-refractivity contribution in [3.05, 3.63) is 102 Å². The van der Waals surface area contributed by atoms with Crippen molar-refractivity contribution in [2.75, 3.05) is 4.90 Å². The van der Waals surface area contributed by atoms with Crippen molar-refractivity contribution in [3.63, 3.8) is 0 Å². The van der Waals surface area contributed by atoms with Gasteiger partial charge in [0.05, 0.1) is 22.8 Å². The Morgan fingerprint density at radius 2 is 1.42 bits per heavy atom. The first kappa shape index (κ1) is 18.6. The van der Waals surface area contributed by atoms with Crippen LogP contribution in [0.25, 0.3) is 10.8 Å². The summed E-state index contributed by atoms with van der Waals surface area (Å²) in [6.45, 7) is 0. The predicted molar refractivity (Wildman–Crippen MR) is 112 cm³/mol. The highest BCUT2D eigenvalue weighted by molar-refractivity contribution is 6.36. The van der Waals surface area contributed by atoms with E-state index < -0.39 is 11.9 Å². The van der Waals surface area contributed by atoms with Crippen LogP contribution < -0.4 is 14.7 Å². The Balaban J connectivity index is 1.49. The van der Waals surface area contributed by atoms with Gasteiger partial charge < -0.3 is 14.6 Å². The van der Waals surface area contributed by atoms with Gasteiger partial charge in [0.1, 0.15) is 11.5 Å². The van der Waals surface area contributed by atoms with Crippen LogP contribution in [0.1, 0.15) is 31.1 Å². The zero-order chi connectivity index (χ0) is 21.5. The van der Waals surface area contributed by atoms with Gasteiger partial charge in [-0.05, 0) is 59.5 Å². The molecule has 150 valence electrons. The number of fused-ring (bicyclic) bond motifs is 2. The van der Waals surface area contributed by atoms with Crippen LogP contribution in [0, 0.1) is 0 Å². The van der Waals surface area contributed by atoms with Crippen LogP contribution in [0.3, 0.4) is 0 Å². The topological polar surface area (TPSA) is 86.7 Å². The highest BCUT2D eigenvalue weighted by Gasteiger charge is 2.37. The summed E-state index contributed by atoms with van der Waals surface area (Å²) >= 11 is 0. The first-order chi connectivity index (χ1) is 15.0. The molecule has 5 rings (SSSR count). The van der Waals surface area contributed by atoms with Gasteiger partial charge >= 0.3 is 0 Å². The molecule has 4 aromatic rings. The summed E-state index contributed by atoms with van der Waals surface area (Å²) in [5.41, 5.74) is 1.12. The summed E-state index contributed by atoms with van der Waals surface area (Å²) in [7, 11) is 0. The minimum Gasteiger partial charge on any atom is -0.545 e. The number of ether oxygens (including phenoxy) is 1. The number of amides is 2. The van der Waals surface area contributed by atoms with Crippen molar-refractivity contribution in [2.45, 2.75) is 0 Å². The number of hydrogen-bond acceptors (Lipinski definition) is 5. The number of rotatable bonds is 4. The largest absolute Gasteiger partial charge is 0.545 e. The summed E-state index contributed by atoms with van der Waals surface area (Å²) in [6.07, 6.45) is 0. The number of aromatic carboxylic acids is 1. The molecule has 1 heterocycles. The fraction of sp³-hybridized carbons (Fsp3) is 0. The second-order valence-electron chi connectivity index (χ2n) is 7.07. The van der Waals surface area contributed by atoms with Crippen LogP contribution in [0.4, 0.5) is 5.69 Å². The van der Waals surface area contributed by atoms with E-state index in [4.69, 9.17) is 4.74 Å². The molecule has 0 aromatic heterocycles.